The molecule has 2 nitrogen and oxygen atoms in total. The average Bonchev–Trinajstić information content (AvgIpc) is 2.19. The average molecular weight is 283 g/mol. The molecule has 0 fully saturated rings. The first kappa shape index (κ1) is 15.6. The number of aromatic hydroxyl groups is 1. The SMILES string of the molecule is C=CCC[C@H](N)c1cc(Cl)cc(Cl)c1O.Cl. The molecular formula is C11H14Cl3NO. The van der Waals surface area contributed by atoms with Crippen molar-refractivity contribution in [3.63, 3.8) is 0 Å². The fraction of sp³-hybridized carbons (Fsp3) is 0.273. The summed E-state index contributed by atoms with van der Waals surface area (Å²) in [4.78, 5) is 0. The summed E-state index contributed by atoms with van der Waals surface area (Å²) in [5.74, 6) is 0.0117. The van der Waals surface area contributed by atoms with Crippen molar-refractivity contribution in [1.29, 1.82) is 0 Å². The zero-order chi connectivity index (χ0) is 11.4. The van der Waals surface area contributed by atoms with Crippen molar-refractivity contribution in [2.75, 3.05) is 0 Å². The molecule has 0 aliphatic heterocycles. The van der Waals surface area contributed by atoms with Gasteiger partial charge in [-0.2, -0.15) is 0 Å². The van der Waals surface area contributed by atoms with E-state index in [1.165, 1.54) is 6.07 Å². The summed E-state index contributed by atoms with van der Waals surface area (Å²) in [7, 11) is 0. The third kappa shape index (κ3) is 3.87. The predicted molar refractivity (Wildman–Crippen MR) is 71.7 cm³/mol. The molecule has 16 heavy (non-hydrogen) atoms. The first-order valence-corrected chi connectivity index (χ1v) is 5.36. The highest BCUT2D eigenvalue weighted by Gasteiger charge is 2.14. The molecule has 0 aromatic heterocycles. The van der Waals surface area contributed by atoms with Gasteiger partial charge in [-0.15, -0.1) is 19.0 Å². The highest BCUT2D eigenvalue weighted by atomic mass is 35.5. The maximum Gasteiger partial charge on any atom is 0.139 e. The number of phenols is 1. The van der Waals surface area contributed by atoms with Crippen LogP contribution in [0.15, 0.2) is 24.8 Å². The van der Waals surface area contributed by atoms with Gasteiger partial charge in [-0.25, -0.2) is 0 Å². The number of benzene rings is 1. The van der Waals surface area contributed by atoms with Crippen LogP contribution in [-0.2, 0) is 0 Å². The van der Waals surface area contributed by atoms with Gasteiger partial charge in [0.15, 0.2) is 0 Å². The third-order valence-corrected chi connectivity index (χ3v) is 2.65. The molecule has 1 atom stereocenters. The Morgan fingerprint density at radius 1 is 1.44 bits per heavy atom. The fourth-order valence-electron chi connectivity index (χ4n) is 1.32. The van der Waals surface area contributed by atoms with Gasteiger partial charge >= 0.3 is 0 Å². The molecular weight excluding hydrogens is 268 g/mol. The molecule has 0 bridgehead atoms. The van der Waals surface area contributed by atoms with Crippen molar-refractivity contribution < 1.29 is 5.11 Å². The number of rotatable bonds is 4. The van der Waals surface area contributed by atoms with E-state index in [0.717, 1.165) is 6.42 Å². The topological polar surface area (TPSA) is 46.2 Å². The summed E-state index contributed by atoms with van der Waals surface area (Å²) >= 11 is 11.6. The van der Waals surface area contributed by atoms with Gasteiger partial charge in [-0.05, 0) is 25.0 Å². The number of allylic oxidation sites excluding steroid dienone is 1. The Morgan fingerprint density at radius 3 is 2.62 bits per heavy atom. The summed E-state index contributed by atoms with van der Waals surface area (Å²) in [6, 6.07) is 2.85. The van der Waals surface area contributed by atoms with Gasteiger partial charge in [0.05, 0.1) is 5.02 Å². The molecule has 5 heteroatoms. The van der Waals surface area contributed by atoms with E-state index in [1.54, 1.807) is 12.1 Å². The lowest BCUT2D eigenvalue weighted by molar-refractivity contribution is 0.459. The van der Waals surface area contributed by atoms with Crippen LogP contribution in [0.5, 0.6) is 5.75 Å². The normalized spacial score (nSPS) is 11.7. The molecule has 1 rings (SSSR count). The van der Waals surface area contributed by atoms with Gasteiger partial charge in [-0.3, -0.25) is 0 Å². The van der Waals surface area contributed by atoms with Crippen LogP contribution in [0.4, 0.5) is 0 Å². The molecule has 0 saturated heterocycles. The molecule has 1 aromatic rings. The third-order valence-electron chi connectivity index (χ3n) is 2.14. The minimum atomic E-state index is -0.279. The molecule has 0 heterocycles. The van der Waals surface area contributed by atoms with E-state index in [0.29, 0.717) is 17.0 Å². The van der Waals surface area contributed by atoms with Gasteiger partial charge in [0, 0.05) is 16.6 Å². The molecule has 0 unspecified atom stereocenters. The maximum absolute atomic E-state index is 9.70. The lowest BCUT2D eigenvalue weighted by Crippen LogP contribution is -2.10. The van der Waals surface area contributed by atoms with E-state index in [9.17, 15) is 5.11 Å². The monoisotopic (exact) mass is 281 g/mol. The highest BCUT2D eigenvalue weighted by Crippen LogP contribution is 2.35. The van der Waals surface area contributed by atoms with Gasteiger partial charge < -0.3 is 10.8 Å². The van der Waals surface area contributed by atoms with Crippen LogP contribution in [0.1, 0.15) is 24.4 Å². The van der Waals surface area contributed by atoms with E-state index in [-0.39, 0.29) is 29.2 Å². The predicted octanol–water partition coefficient (Wildman–Crippen LogP) is 4.09. The number of hydrogen-bond donors (Lipinski definition) is 2. The minimum absolute atomic E-state index is 0. The second kappa shape index (κ2) is 7.02. The first-order chi connectivity index (χ1) is 7.06. The van der Waals surface area contributed by atoms with Crippen LogP contribution in [0.25, 0.3) is 0 Å². The summed E-state index contributed by atoms with van der Waals surface area (Å²) in [6.45, 7) is 3.61. The summed E-state index contributed by atoms with van der Waals surface area (Å²) in [5.41, 5.74) is 6.47. The lowest BCUT2D eigenvalue weighted by atomic mass is 10.0. The summed E-state index contributed by atoms with van der Waals surface area (Å²) in [5, 5.41) is 10.4. The molecule has 0 aliphatic carbocycles. The van der Waals surface area contributed by atoms with Gasteiger partial charge in [0.25, 0.3) is 0 Å². The standard InChI is InChI=1S/C11H13Cl2NO.ClH/c1-2-3-4-10(14)8-5-7(12)6-9(13)11(8)15;/h2,5-6,10,15H,1,3-4,14H2;1H/t10-;/m0./s1. The number of hydrogen-bond acceptors (Lipinski definition) is 2. The highest BCUT2D eigenvalue weighted by molar-refractivity contribution is 6.35. The van der Waals surface area contributed by atoms with Gasteiger partial charge in [0.2, 0.25) is 0 Å². The number of halogens is 3. The van der Waals surface area contributed by atoms with E-state index in [4.69, 9.17) is 28.9 Å². The molecule has 0 radical (unpaired) electrons. The Labute approximate surface area is 111 Å². The van der Waals surface area contributed by atoms with E-state index < -0.39 is 0 Å². The Bertz CT molecular complexity index is 368. The quantitative estimate of drug-likeness (QED) is 0.817. The Balaban J connectivity index is 0.00000225. The molecule has 1 aromatic carbocycles. The fourth-order valence-corrected chi connectivity index (χ4v) is 1.83. The van der Waals surface area contributed by atoms with Crippen molar-refractivity contribution in [3.8, 4) is 5.75 Å². The Kier molecular flexibility index (Phi) is 6.84. The molecule has 0 aliphatic rings. The Morgan fingerprint density at radius 2 is 2.06 bits per heavy atom. The molecule has 0 spiro atoms. The lowest BCUT2D eigenvalue weighted by Gasteiger charge is -2.14. The van der Waals surface area contributed by atoms with Crippen LogP contribution in [0, 0.1) is 0 Å². The second-order valence-corrected chi connectivity index (χ2v) is 4.14. The Hall–Kier alpha value is -0.410. The van der Waals surface area contributed by atoms with Crippen LogP contribution in [0.2, 0.25) is 10.0 Å². The minimum Gasteiger partial charge on any atom is -0.506 e. The molecule has 3 N–H and O–H groups in total. The van der Waals surface area contributed by atoms with Crippen molar-refractivity contribution in [2.45, 2.75) is 18.9 Å². The van der Waals surface area contributed by atoms with Gasteiger partial charge in [0.1, 0.15) is 5.75 Å². The van der Waals surface area contributed by atoms with Crippen LogP contribution < -0.4 is 5.73 Å². The van der Waals surface area contributed by atoms with Crippen LogP contribution >= 0.6 is 35.6 Å². The van der Waals surface area contributed by atoms with Crippen molar-refractivity contribution in [3.05, 3.63) is 40.4 Å². The van der Waals surface area contributed by atoms with E-state index in [1.807, 2.05) is 0 Å². The zero-order valence-corrected chi connectivity index (χ0v) is 10.9. The molecule has 90 valence electrons. The summed E-state index contributed by atoms with van der Waals surface area (Å²) in [6.07, 6.45) is 3.27. The van der Waals surface area contributed by atoms with Crippen molar-refractivity contribution in [1.82, 2.24) is 0 Å². The smallest absolute Gasteiger partial charge is 0.139 e. The van der Waals surface area contributed by atoms with Crippen LogP contribution in [-0.4, -0.2) is 5.11 Å². The number of phenolic OH excluding ortho intramolecular Hbond substituents is 1. The second-order valence-electron chi connectivity index (χ2n) is 3.30. The van der Waals surface area contributed by atoms with Gasteiger partial charge in [-0.1, -0.05) is 29.3 Å². The van der Waals surface area contributed by atoms with Crippen molar-refractivity contribution >= 4 is 35.6 Å². The summed E-state index contributed by atoms with van der Waals surface area (Å²) < 4.78 is 0. The zero-order valence-electron chi connectivity index (χ0n) is 8.62. The number of nitrogens with two attached hydrogens (primary N) is 1. The van der Waals surface area contributed by atoms with Crippen molar-refractivity contribution in [2.24, 2.45) is 5.73 Å². The van der Waals surface area contributed by atoms with E-state index >= 15 is 0 Å². The van der Waals surface area contributed by atoms with E-state index in [2.05, 4.69) is 6.58 Å². The largest absolute Gasteiger partial charge is 0.506 e. The molecule has 0 amide bonds. The molecule has 0 saturated carbocycles. The maximum atomic E-state index is 9.70. The first-order valence-electron chi connectivity index (χ1n) is 4.60. The van der Waals surface area contributed by atoms with Crippen LogP contribution in [0.3, 0.4) is 0 Å².